The minimum absolute atomic E-state index is 0.0323. The highest BCUT2D eigenvalue weighted by Crippen LogP contribution is 2.71. The second-order valence-corrected chi connectivity index (χ2v) is 13.9. The van der Waals surface area contributed by atoms with Crippen LogP contribution in [-0.4, -0.2) is 50.8 Å². The van der Waals surface area contributed by atoms with E-state index in [1.165, 1.54) is 6.92 Å². The SMILES string of the molecule is CC(CC(=O)C[C@@H](C)[C@H]1CC(=O)[C@@]2(C)C3=C([C@@H](O)C[C@]12C)[C@@]1(C)CCC(=O)C(C)(C)C1C[C@@H]3O)C(=O)O. The van der Waals surface area contributed by atoms with Crippen LogP contribution in [0.5, 0.6) is 0 Å². The Morgan fingerprint density at radius 3 is 2.16 bits per heavy atom. The van der Waals surface area contributed by atoms with E-state index < -0.39 is 45.8 Å². The number of Topliss-reactive ketones (excluding diaryl/α,β-unsaturated/α-hetero) is 3. The number of carbonyl (C=O) groups is 4. The molecule has 4 aliphatic carbocycles. The fourth-order valence-corrected chi connectivity index (χ4v) is 9.21. The number of aliphatic carboxylic acids is 1. The number of hydrogen-bond donors (Lipinski definition) is 3. The van der Waals surface area contributed by atoms with Crippen molar-refractivity contribution in [3.63, 3.8) is 0 Å². The second kappa shape index (κ2) is 8.84. The fourth-order valence-electron chi connectivity index (χ4n) is 9.21. The third-order valence-electron chi connectivity index (χ3n) is 11.5. The predicted octanol–water partition coefficient (Wildman–Crippen LogP) is 4.13. The molecular weight excluding hydrogens is 472 g/mol. The molecule has 0 aromatic rings. The van der Waals surface area contributed by atoms with Crippen molar-refractivity contribution < 1.29 is 34.5 Å². The Kier molecular flexibility index (Phi) is 6.72. The lowest BCUT2D eigenvalue weighted by molar-refractivity contribution is -0.146. The average molecular weight is 517 g/mol. The van der Waals surface area contributed by atoms with Crippen LogP contribution in [0.3, 0.4) is 0 Å². The van der Waals surface area contributed by atoms with Gasteiger partial charge < -0.3 is 15.3 Å². The van der Waals surface area contributed by atoms with Gasteiger partial charge in [-0.05, 0) is 65.9 Å². The third-order valence-corrected chi connectivity index (χ3v) is 11.5. The van der Waals surface area contributed by atoms with Crippen LogP contribution in [0.25, 0.3) is 0 Å². The Balaban J connectivity index is 1.74. The fraction of sp³-hybridized carbons (Fsp3) is 0.800. The quantitative estimate of drug-likeness (QED) is 0.453. The lowest BCUT2D eigenvalue weighted by atomic mass is 9.42. The molecule has 2 saturated carbocycles. The van der Waals surface area contributed by atoms with Gasteiger partial charge in [-0.15, -0.1) is 0 Å². The molecule has 2 fully saturated rings. The first-order chi connectivity index (χ1) is 16.9. The number of hydrogen-bond acceptors (Lipinski definition) is 6. The molecule has 4 rings (SSSR count). The van der Waals surface area contributed by atoms with Crippen molar-refractivity contribution in [2.45, 2.75) is 106 Å². The van der Waals surface area contributed by atoms with Gasteiger partial charge in [-0.1, -0.05) is 41.5 Å². The molecule has 0 aliphatic heterocycles. The summed E-state index contributed by atoms with van der Waals surface area (Å²) in [5, 5.41) is 32.5. The first-order valence-electron chi connectivity index (χ1n) is 13.8. The minimum Gasteiger partial charge on any atom is -0.481 e. The van der Waals surface area contributed by atoms with Crippen LogP contribution in [0.2, 0.25) is 0 Å². The van der Waals surface area contributed by atoms with E-state index in [1.54, 1.807) is 0 Å². The van der Waals surface area contributed by atoms with Crippen LogP contribution in [-0.2, 0) is 19.2 Å². The summed E-state index contributed by atoms with van der Waals surface area (Å²) in [6.07, 6.45) is 0.378. The van der Waals surface area contributed by atoms with Crippen LogP contribution >= 0.6 is 0 Å². The minimum atomic E-state index is -1.00. The molecule has 206 valence electrons. The third kappa shape index (κ3) is 3.82. The Morgan fingerprint density at radius 2 is 1.57 bits per heavy atom. The molecule has 0 spiro atoms. The zero-order valence-electron chi connectivity index (χ0n) is 23.4. The first kappa shape index (κ1) is 28.2. The number of carbonyl (C=O) groups excluding carboxylic acids is 3. The summed E-state index contributed by atoms with van der Waals surface area (Å²) in [7, 11) is 0. The topological polar surface area (TPSA) is 129 Å². The number of aliphatic hydroxyl groups is 2. The summed E-state index contributed by atoms with van der Waals surface area (Å²) in [5.41, 5.74) is -1.32. The van der Waals surface area contributed by atoms with Crippen LogP contribution in [0.15, 0.2) is 11.1 Å². The van der Waals surface area contributed by atoms with Crippen LogP contribution < -0.4 is 0 Å². The Morgan fingerprint density at radius 1 is 0.946 bits per heavy atom. The molecule has 3 N–H and O–H groups in total. The van der Waals surface area contributed by atoms with Crippen molar-refractivity contribution in [2.75, 3.05) is 0 Å². The van der Waals surface area contributed by atoms with Gasteiger partial charge in [0.2, 0.25) is 0 Å². The van der Waals surface area contributed by atoms with Crippen molar-refractivity contribution in [3.8, 4) is 0 Å². The molecule has 37 heavy (non-hydrogen) atoms. The number of carboxylic acids is 1. The van der Waals surface area contributed by atoms with E-state index in [1.807, 2.05) is 34.6 Å². The largest absolute Gasteiger partial charge is 0.481 e. The Bertz CT molecular complexity index is 1070. The van der Waals surface area contributed by atoms with E-state index in [0.717, 1.165) is 5.57 Å². The number of rotatable bonds is 6. The standard InChI is InChI=1S/C30H44O7/c1-15(10-17(31)11-16(2)26(36)37)18-12-23(35)30(7)25-19(32)13-21-27(3,4)22(34)8-9-28(21,5)24(25)20(33)14-29(18,30)6/h15-16,18-21,32-33H,8-14H2,1-7H3,(H,36,37)/t15-,16?,18-,19+,20+,21?,28+,29-,30+/m1/s1. The van der Waals surface area contributed by atoms with Gasteiger partial charge in [-0.3, -0.25) is 19.2 Å². The summed E-state index contributed by atoms with van der Waals surface area (Å²) in [6.45, 7) is 13.4. The van der Waals surface area contributed by atoms with Gasteiger partial charge in [0, 0.05) is 31.1 Å². The number of carboxylic acid groups (broad SMARTS) is 1. The maximum absolute atomic E-state index is 13.9. The van der Waals surface area contributed by atoms with Gasteiger partial charge in [0.25, 0.3) is 0 Å². The normalized spacial score (nSPS) is 42.5. The maximum Gasteiger partial charge on any atom is 0.306 e. The highest BCUT2D eigenvalue weighted by atomic mass is 16.4. The summed E-state index contributed by atoms with van der Waals surface area (Å²) in [6, 6.07) is 0. The molecule has 4 aliphatic rings. The number of aliphatic hydroxyl groups excluding tert-OH is 2. The molecule has 0 heterocycles. The predicted molar refractivity (Wildman–Crippen MR) is 137 cm³/mol. The molecule has 2 unspecified atom stereocenters. The molecule has 0 aromatic carbocycles. The molecule has 9 atom stereocenters. The molecule has 0 aromatic heterocycles. The van der Waals surface area contributed by atoms with Gasteiger partial charge in [-0.2, -0.15) is 0 Å². The summed E-state index contributed by atoms with van der Waals surface area (Å²) in [4.78, 5) is 50.7. The van der Waals surface area contributed by atoms with Crippen molar-refractivity contribution >= 4 is 23.3 Å². The summed E-state index contributed by atoms with van der Waals surface area (Å²) in [5.74, 6) is -2.16. The van der Waals surface area contributed by atoms with Crippen LogP contribution in [0.4, 0.5) is 0 Å². The van der Waals surface area contributed by atoms with Crippen molar-refractivity contribution in [2.24, 2.45) is 45.3 Å². The molecule has 0 amide bonds. The van der Waals surface area contributed by atoms with Crippen LogP contribution in [0, 0.1) is 45.3 Å². The highest BCUT2D eigenvalue weighted by Gasteiger charge is 2.70. The van der Waals surface area contributed by atoms with Gasteiger partial charge in [0.05, 0.1) is 23.5 Å². The first-order valence-corrected chi connectivity index (χ1v) is 13.8. The van der Waals surface area contributed by atoms with E-state index in [4.69, 9.17) is 0 Å². The lowest BCUT2D eigenvalue weighted by Crippen LogP contribution is -2.60. The zero-order chi connectivity index (χ0) is 27.9. The Labute approximate surface area is 220 Å². The smallest absolute Gasteiger partial charge is 0.306 e. The number of fused-ring (bicyclic) bond motifs is 4. The molecule has 7 heteroatoms. The van der Waals surface area contributed by atoms with Crippen molar-refractivity contribution in [3.05, 3.63) is 11.1 Å². The maximum atomic E-state index is 13.9. The highest BCUT2D eigenvalue weighted by molar-refractivity contribution is 5.93. The van der Waals surface area contributed by atoms with Crippen LogP contribution in [0.1, 0.15) is 93.4 Å². The lowest BCUT2D eigenvalue weighted by Gasteiger charge is -2.62. The van der Waals surface area contributed by atoms with Gasteiger partial charge in [0.15, 0.2) is 0 Å². The monoisotopic (exact) mass is 516 g/mol. The van der Waals surface area contributed by atoms with E-state index in [2.05, 4.69) is 6.92 Å². The summed E-state index contributed by atoms with van der Waals surface area (Å²) >= 11 is 0. The molecular formula is C30H44O7. The molecule has 0 radical (unpaired) electrons. The zero-order valence-corrected chi connectivity index (χ0v) is 23.4. The van der Waals surface area contributed by atoms with E-state index in [9.17, 15) is 34.5 Å². The molecule has 0 saturated heterocycles. The van der Waals surface area contributed by atoms with Gasteiger partial charge in [0.1, 0.15) is 17.3 Å². The van der Waals surface area contributed by atoms with Gasteiger partial charge >= 0.3 is 5.97 Å². The van der Waals surface area contributed by atoms with E-state index >= 15 is 0 Å². The van der Waals surface area contributed by atoms with E-state index in [0.29, 0.717) is 31.3 Å². The Hall–Kier alpha value is -1.86. The number of ketones is 3. The molecule has 7 nitrogen and oxygen atoms in total. The summed E-state index contributed by atoms with van der Waals surface area (Å²) < 4.78 is 0. The van der Waals surface area contributed by atoms with Crippen molar-refractivity contribution in [1.29, 1.82) is 0 Å². The van der Waals surface area contributed by atoms with Gasteiger partial charge in [-0.25, -0.2) is 0 Å². The molecule has 0 bridgehead atoms. The van der Waals surface area contributed by atoms with E-state index in [-0.39, 0.29) is 54.4 Å². The van der Waals surface area contributed by atoms with Crippen molar-refractivity contribution in [1.82, 2.24) is 0 Å². The second-order valence-electron chi connectivity index (χ2n) is 13.9. The average Bonchev–Trinajstić information content (AvgIpc) is 2.99.